The van der Waals surface area contributed by atoms with Gasteiger partial charge in [0, 0.05) is 24.5 Å². The maximum absolute atomic E-state index is 12.6. The molecule has 4 rings (SSSR count). The number of aromatic nitrogens is 3. The summed E-state index contributed by atoms with van der Waals surface area (Å²) in [6.45, 7) is 4.17. The number of hydrogen-bond donors (Lipinski definition) is 4. The highest BCUT2D eigenvalue weighted by molar-refractivity contribution is 5.99. The van der Waals surface area contributed by atoms with E-state index in [2.05, 4.69) is 42.3 Å². The van der Waals surface area contributed by atoms with E-state index in [4.69, 9.17) is 10.00 Å². The van der Waals surface area contributed by atoms with Gasteiger partial charge in [0.25, 0.3) is 5.91 Å². The van der Waals surface area contributed by atoms with Crippen molar-refractivity contribution in [2.24, 2.45) is 0 Å². The van der Waals surface area contributed by atoms with Crippen LogP contribution in [0.4, 0.5) is 23.3 Å². The monoisotopic (exact) mass is 458 g/mol. The van der Waals surface area contributed by atoms with Crippen LogP contribution in [-0.4, -0.2) is 46.6 Å². The van der Waals surface area contributed by atoms with Crippen molar-refractivity contribution in [2.45, 2.75) is 25.9 Å². The van der Waals surface area contributed by atoms with E-state index in [1.807, 2.05) is 19.1 Å². The van der Waals surface area contributed by atoms with Crippen LogP contribution >= 0.6 is 0 Å². The van der Waals surface area contributed by atoms with E-state index in [9.17, 15) is 4.79 Å². The molecule has 174 valence electrons. The molecule has 0 radical (unpaired) electrons. The molecule has 1 saturated heterocycles. The van der Waals surface area contributed by atoms with Crippen LogP contribution in [0.3, 0.4) is 0 Å². The number of nitrogens with one attached hydrogen (secondary N) is 4. The number of nitrogens with zero attached hydrogens (tertiary/aromatic N) is 4. The molecule has 0 bridgehead atoms. The minimum atomic E-state index is -0.294. The molecule has 2 aromatic heterocycles. The molecule has 3 heterocycles. The molecular formula is C24H26N8O2. The van der Waals surface area contributed by atoms with Crippen LogP contribution in [0.1, 0.15) is 35.7 Å². The number of piperidine rings is 1. The Kier molecular flexibility index (Phi) is 7.47. The molecule has 0 saturated carbocycles. The minimum Gasteiger partial charge on any atom is -0.474 e. The van der Waals surface area contributed by atoms with Gasteiger partial charge in [0.15, 0.2) is 0 Å². The van der Waals surface area contributed by atoms with Crippen LogP contribution in [0.5, 0.6) is 5.88 Å². The second kappa shape index (κ2) is 11.1. The summed E-state index contributed by atoms with van der Waals surface area (Å²) < 4.78 is 6.03. The second-order valence-corrected chi connectivity index (χ2v) is 7.68. The van der Waals surface area contributed by atoms with Crippen LogP contribution in [0.15, 0.2) is 48.7 Å². The number of nitriles is 1. The highest BCUT2D eigenvalue weighted by Gasteiger charge is 2.17. The van der Waals surface area contributed by atoms with Crippen LogP contribution in [0.25, 0.3) is 0 Å². The lowest BCUT2D eigenvalue weighted by molar-refractivity contribution is 0.0956. The van der Waals surface area contributed by atoms with Crippen LogP contribution < -0.4 is 26.0 Å². The predicted octanol–water partition coefficient (Wildman–Crippen LogP) is 3.11. The average Bonchev–Trinajstić information content (AvgIpc) is 2.86. The third-order valence-corrected chi connectivity index (χ3v) is 5.18. The number of carbonyl (C=O) groups excluding carboxylic acids is 1. The Bertz CT molecular complexity index is 1170. The predicted molar refractivity (Wildman–Crippen MR) is 129 cm³/mol. The van der Waals surface area contributed by atoms with Crippen LogP contribution in [0.2, 0.25) is 0 Å². The third-order valence-electron chi connectivity index (χ3n) is 5.18. The fourth-order valence-corrected chi connectivity index (χ4v) is 3.47. The summed E-state index contributed by atoms with van der Waals surface area (Å²) >= 11 is 0. The Morgan fingerprint density at radius 3 is 2.68 bits per heavy atom. The van der Waals surface area contributed by atoms with E-state index in [1.54, 1.807) is 30.3 Å². The standard InChI is InChI=1S/C24H26N8O2/c1-2-27-23(33)19-15-28-24(29-17-8-6-16(14-25)7-9-17)32-22(19)31-20-4-3-5-21(30-20)34-18-10-12-26-13-11-18/h3-9,15,18,26H,2,10-13H2,1H3,(H,27,33)(H2,28,29,30,31,32). The van der Waals surface area contributed by atoms with E-state index in [-0.39, 0.29) is 12.0 Å². The van der Waals surface area contributed by atoms with Crippen molar-refractivity contribution in [3.63, 3.8) is 0 Å². The van der Waals surface area contributed by atoms with Crippen molar-refractivity contribution in [3.8, 4) is 11.9 Å². The number of pyridine rings is 1. The van der Waals surface area contributed by atoms with Crippen molar-refractivity contribution in [2.75, 3.05) is 30.3 Å². The van der Waals surface area contributed by atoms with Gasteiger partial charge in [-0.1, -0.05) is 6.07 Å². The van der Waals surface area contributed by atoms with Crippen LogP contribution in [0, 0.1) is 11.3 Å². The van der Waals surface area contributed by atoms with E-state index < -0.39 is 0 Å². The smallest absolute Gasteiger partial charge is 0.256 e. The Morgan fingerprint density at radius 1 is 1.15 bits per heavy atom. The number of hydrogen-bond acceptors (Lipinski definition) is 9. The first kappa shape index (κ1) is 22.9. The number of carbonyl (C=O) groups is 1. The topological polar surface area (TPSA) is 137 Å². The fraction of sp³-hybridized carbons (Fsp3) is 0.292. The number of amides is 1. The molecule has 1 aliphatic heterocycles. The van der Waals surface area contributed by atoms with Crippen molar-refractivity contribution >= 4 is 29.2 Å². The summed E-state index contributed by atoms with van der Waals surface area (Å²) in [6, 6.07) is 14.4. The second-order valence-electron chi connectivity index (χ2n) is 7.68. The van der Waals surface area contributed by atoms with Gasteiger partial charge >= 0.3 is 0 Å². The molecule has 0 aliphatic carbocycles. The number of benzene rings is 1. The van der Waals surface area contributed by atoms with Gasteiger partial charge in [0.1, 0.15) is 23.3 Å². The Morgan fingerprint density at radius 2 is 1.94 bits per heavy atom. The summed E-state index contributed by atoms with van der Waals surface area (Å²) in [5.41, 5.74) is 1.56. The van der Waals surface area contributed by atoms with Gasteiger partial charge in [-0.25, -0.2) is 4.98 Å². The van der Waals surface area contributed by atoms with Crippen molar-refractivity contribution in [1.82, 2.24) is 25.6 Å². The summed E-state index contributed by atoms with van der Waals surface area (Å²) in [7, 11) is 0. The molecule has 0 atom stereocenters. The molecule has 0 unspecified atom stereocenters. The third kappa shape index (κ3) is 5.96. The summed E-state index contributed by atoms with van der Waals surface area (Å²) in [5.74, 6) is 1.32. The summed E-state index contributed by atoms with van der Waals surface area (Å²) in [4.78, 5) is 25.9. The van der Waals surface area contributed by atoms with Gasteiger partial charge in [0.2, 0.25) is 11.8 Å². The molecule has 3 aromatic rings. The lowest BCUT2D eigenvalue weighted by atomic mass is 10.1. The zero-order valence-electron chi connectivity index (χ0n) is 18.8. The molecule has 10 heteroatoms. The van der Waals surface area contributed by atoms with Crippen molar-refractivity contribution in [3.05, 3.63) is 59.8 Å². The molecule has 0 spiro atoms. The van der Waals surface area contributed by atoms with Gasteiger partial charge in [0.05, 0.1) is 11.6 Å². The van der Waals surface area contributed by atoms with Gasteiger partial charge in [-0.2, -0.15) is 15.2 Å². The molecule has 10 nitrogen and oxygen atoms in total. The summed E-state index contributed by atoms with van der Waals surface area (Å²) in [5, 5.41) is 21.3. The molecule has 1 fully saturated rings. The lowest BCUT2D eigenvalue weighted by Crippen LogP contribution is -2.34. The Balaban J connectivity index is 1.56. The number of ether oxygens (including phenoxy) is 1. The maximum Gasteiger partial charge on any atom is 0.256 e. The summed E-state index contributed by atoms with van der Waals surface area (Å²) in [6.07, 6.45) is 3.44. The highest BCUT2D eigenvalue weighted by Crippen LogP contribution is 2.23. The van der Waals surface area contributed by atoms with Crippen molar-refractivity contribution in [1.29, 1.82) is 5.26 Å². The lowest BCUT2D eigenvalue weighted by Gasteiger charge is -2.23. The average molecular weight is 459 g/mol. The molecule has 34 heavy (non-hydrogen) atoms. The molecule has 1 aromatic carbocycles. The van der Waals surface area contributed by atoms with E-state index in [0.717, 1.165) is 25.9 Å². The molecule has 1 aliphatic rings. The van der Waals surface area contributed by atoms with E-state index in [0.29, 0.717) is 46.8 Å². The fourth-order valence-electron chi connectivity index (χ4n) is 3.47. The maximum atomic E-state index is 12.6. The normalized spacial score (nSPS) is 13.5. The first-order valence-electron chi connectivity index (χ1n) is 11.2. The van der Waals surface area contributed by atoms with Crippen LogP contribution in [-0.2, 0) is 0 Å². The highest BCUT2D eigenvalue weighted by atomic mass is 16.5. The Labute approximate surface area is 197 Å². The Hall–Kier alpha value is -4.23. The SMILES string of the molecule is CCNC(=O)c1cnc(Nc2ccc(C#N)cc2)nc1Nc1cccc(OC2CCNCC2)n1. The van der Waals surface area contributed by atoms with E-state index in [1.165, 1.54) is 6.20 Å². The van der Waals surface area contributed by atoms with Gasteiger partial charge in [-0.05, 0) is 63.2 Å². The number of rotatable bonds is 8. The van der Waals surface area contributed by atoms with E-state index >= 15 is 0 Å². The van der Waals surface area contributed by atoms with Gasteiger partial charge in [-0.15, -0.1) is 0 Å². The zero-order chi connectivity index (χ0) is 23.8. The van der Waals surface area contributed by atoms with Crippen molar-refractivity contribution < 1.29 is 9.53 Å². The minimum absolute atomic E-state index is 0.122. The number of anilines is 4. The first-order chi connectivity index (χ1) is 16.6. The first-order valence-corrected chi connectivity index (χ1v) is 11.2. The quantitative estimate of drug-likeness (QED) is 0.401. The molecule has 4 N–H and O–H groups in total. The molecule has 1 amide bonds. The zero-order valence-corrected chi connectivity index (χ0v) is 18.8. The van der Waals surface area contributed by atoms with Gasteiger partial charge in [-0.3, -0.25) is 4.79 Å². The van der Waals surface area contributed by atoms with Gasteiger partial charge < -0.3 is 26.0 Å². The largest absolute Gasteiger partial charge is 0.474 e. The molecular weight excluding hydrogens is 432 g/mol.